The van der Waals surface area contributed by atoms with Crippen molar-refractivity contribution in [3.05, 3.63) is 0 Å². The van der Waals surface area contributed by atoms with Crippen molar-refractivity contribution in [2.75, 3.05) is 5.75 Å². The summed E-state index contributed by atoms with van der Waals surface area (Å²) < 4.78 is 22.1. The molecular weight excluding hydrogens is 164 g/mol. The molecule has 1 N–H and O–H groups in total. The molecule has 0 aromatic carbocycles. The maximum atomic E-state index is 11.4. The Labute approximate surface area is 66.3 Å². The molecule has 0 aromatic rings. The summed E-state index contributed by atoms with van der Waals surface area (Å²) in [6.45, 7) is 0. The third-order valence-corrected chi connectivity index (χ3v) is 5.61. The van der Waals surface area contributed by atoms with Crippen molar-refractivity contribution in [2.24, 2.45) is 0 Å². The highest BCUT2D eigenvalue weighted by molar-refractivity contribution is 7.93. The normalized spacial score (nSPS) is 38.8. The third kappa shape index (κ3) is 0.856. The Bertz CT molecular complexity index is 263. The average Bonchev–Trinajstić information content (AvgIpc) is 2.63. The maximum absolute atomic E-state index is 11.4. The van der Waals surface area contributed by atoms with Gasteiger partial charge in [0.1, 0.15) is 0 Å². The largest absolute Gasteiger partial charge is 0.391 e. The number of aliphatic hydroxyl groups is 1. The van der Waals surface area contributed by atoms with Crippen LogP contribution in [0.2, 0.25) is 0 Å². The fourth-order valence-corrected chi connectivity index (χ4v) is 4.12. The minimum Gasteiger partial charge on any atom is -0.391 e. The molecule has 3 nitrogen and oxygen atoms in total. The summed E-state index contributed by atoms with van der Waals surface area (Å²) in [6.07, 6.45) is 2.07. The van der Waals surface area contributed by atoms with E-state index in [4.69, 9.17) is 0 Å². The van der Waals surface area contributed by atoms with Gasteiger partial charge in [-0.15, -0.1) is 0 Å². The SMILES string of the molecule is O=S1(=O)CCCC(O)C12CC2. The van der Waals surface area contributed by atoms with Gasteiger partial charge in [0, 0.05) is 0 Å². The van der Waals surface area contributed by atoms with Crippen LogP contribution in [0.25, 0.3) is 0 Å². The topological polar surface area (TPSA) is 54.4 Å². The van der Waals surface area contributed by atoms with Gasteiger partial charge >= 0.3 is 0 Å². The molecule has 4 heteroatoms. The number of hydrogen-bond donors (Lipinski definition) is 1. The lowest BCUT2D eigenvalue weighted by Crippen LogP contribution is -2.42. The molecule has 1 atom stereocenters. The van der Waals surface area contributed by atoms with Gasteiger partial charge < -0.3 is 5.11 Å². The molecular formula is C7H12O3S. The Morgan fingerprint density at radius 3 is 2.36 bits per heavy atom. The molecule has 2 fully saturated rings. The van der Waals surface area contributed by atoms with Gasteiger partial charge in [0.05, 0.1) is 16.6 Å². The minimum absolute atomic E-state index is 0.282. The number of aliphatic hydroxyl groups excluding tert-OH is 1. The summed E-state index contributed by atoms with van der Waals surface area (Å²) in [7, 11) is -2.95. The van der Waals surface area contributed by atoms with Crippen LogP contribution in [0.5, 0.6) is 0 Å². The lowest BCUT2D eigenvalue weighted by atomic mass is 10.1. The molecule has 1 unspecified atom stereocenters. The first-order valence-electron chi connectivity index (χ1n) is 3.99. The summed E-state index contributed by atoms with van der Waals surface area (Å²) in [5, 5.41) is 9.46. The van der Waals surface area contributed by atoms with Crippen LogP contribution >= 0.6 is 0 Å². The highest BCUT2D eigenvalue weighted by Crippen LogP contribution is 2.50. The Kier molecular flexibility index (Phi) is 1.36. The summed E-state index contributed by atoms with van der Waals surface area (Å²) in [5.41, 5.74) is 0. The third-order valence-electron chi connectivity index (χ3n) is 2.86. The molecule has 11 heavy (non-hydrogen) atoms. The van der Waals surface area contributed by atoms with E-state index >= 15 is 0 Å². The lowest BCUT2D eigenvalue weighted by Gasteiger charge is -2.27. The van der Waals surface area contributed by atoms with E-state index in [1.54, 1.807) is 0 Å². The van der Waals surface area contributed by atoms with Gasteiger partial charge in [-0.1, -0.05) is 0 Å². The number of rotatable bonds is 0. The maximum Gasteiger partial charge on any atom is 0.158 e. The van der Waals surface area contributed by atoms with E-state index in [2.05, 4.69) is 0 Å². The van der Waals surface area contributed by atoms with E-state index in [9.17, 15) is 13.5 Å². The van der Waals surface area contributed by atoms with Crippen molar-refractivity contribution in [3.8, 4) is 0 Å². The van der Waals surface area contributed by atoms with Crippen LogP contribution in [0.1, 0.15) is 25.7 Å². The van der Waals surface area contributed by atoms with E-state index in [1.807, 2.05) is 0 Å². The van der Waals surface area contributed by atoms with Crippen LogP contribution < -0.4 is 0 Å². The molecule has 0 bridgehead atoms. The average molecular weight is 176 g/mol. The van der Waals surface area contributed by atoms with Crippen molar-refractivity contribution >= 4 is 9.84 Å². The standard InChI is InChI=1S/C7H12O3S/c8-6-2-1-5-11(9,10)7(6)3-4-7/h6,8H,1-5H2. The Hall–Kier alpha value is -0.0900. The van der Waals surface area contributed by atoms with Crippen molar-refractivity contribution in [1.29, 1.82) is 0 Å². The van der Waals surface area contributed by atoms with E-state index in [-0.39, 0.29) is 5.75 Å². The second kappa shape index (κ2) is 1.98. The molecule has 1 aliphatic carbocycles. The van der Waals surface area contributed by atoms with E-state index in [0.717, 1.165) is 0 Å². The smallest absolute Gasteiger partial charge is 0.158 e. The summed E-state index contributed by atoms with van der Waals surface area (Å²) in [6, 6.07) is 0. The lowest BCUT2D eigenvalue weighted by molar-refractivity contribution is 0.144. The highest BCUT2D eigenvalue weighted by atomic mass is 32.2. The van der Waals surface area contributed by atoms with Crippen molar-refractivity contribution < 1.29 is 13.5 Å². The van der Waals surface area contributed by atoms with Gasteiger partial charge in [0.25, 0.3) is 0 Å². The minimum atomic E-state index is -2.95. The first-order valence-corrected chi connectivity index (χ1v) is 5.64. The van der Waals surface area contributed by atoms with Gasteiger partial charge in [-0.25, -0.2) is 8.42 Å². The Balaban J connectivity index is 2.37. The van der Waals surface area contributed by atoms with Crippen LogP contribution in [0, 0.1) is 0 Å². The molecule has 1 spiro atoms. The molecule has 1 aliphatic heterocycles. The first-order chi connectivity index (χ1) is 5.08. The molecule has 2 aliphatic rings. The summed E-state index contributed by atoms with van der Waals surface area (Å²) >= 11 is 0. The molecule has 0 amide bonds. The quantitative estimate of drug-likeness (QED) is 0.569. The second-order valence-corrected chi connectivity index (χ2v) is 5.99. The van der Waals surface area contributed by atoms with Crippen LogP contribution in [-0.2, 0) is 9.84 Å². The predicted molar refractivity (Wildman–Crippen MR) is 41.0 cm³/mol. The van der Waals surface area contributed by atoms with Gasteiger partial charge in [-0.3, -0.25) is 0 Å². The molecule has 1 saturated heterocycles. The fourth-order valence-electron chi connectivity index (χ4n) is 1.91. The van der Waals surface area contributed by atoms with Crippen LogP contribution in [0.4, 0.5) is 0 Å². The highest BCUT2D eigenvalue weighted by Gasteiger charge is 2.60. The predicted octanol–water partition coefficient (Wildman–Crippen LogP) is 0.0885. The van der Waals surface area contributed by atoms with E-state index in [1.165, 1.54) is 0 Å². The summed E-state index contributed by atoms with van der Waals surface area (Å²) in [4.78, 5) is 0. The van der Waals surface area contributed by atoms with Gasteiger partial charge in [-0.05, 0) is 25.7 Å². The molecule has 64 valence electrons. The van der Waals surface area contributed by atoms with E-state index in [0.29, 0.717) is 25.7 Å². The molecule has 1 heterocycles. The Morgan fingerprint density at radius 1 is 1.36 bits per heavy atom. The monoisotopic (exact) mass is 176 g/mol. The van der Waals surface area contributed by atoms with Crippen molar-refractivity contribution in [1.82, 2.24) is 0 Å². The molecule has 0 aromatic heterocycles. The Morgan fingerprint density at radius 2 is 2.00 bits per heavy atom. The zero-order valence-electron chi connectivity index (χ0n) is 6.28. The van der Waals surface area contributed by atoms with Crippen LogP contribution in [0.3, 0.4) is 0 Å². The van der Waals surface area contributed by atoms with Gasteiger partial charge in [0.15, 0.2) is 9.84 Å². The molecule has 2 rings (SSSR count). The molecule has 1 saturated carbocycles. The first kappa shape index (κ1) is 7.55. The molecule has 0 radical (unpaired) electrons. The zero-order chi connectivity index (χ0) is 8.11. The fraction of sp³-hybridized carbons (Fsp3) is 1.00. The second-order valence-electron chi connectivity index (χ2n) is 3.54. The van der Waals surface area contributed by atoms with Crippen LogP contribution in [-0.4, -0.2) is 30.1 Å². The van der Waals surface area contributed by atoms with Gasteiger partial charge in [0.2, 0.25) is 0 Å². The van der Waals surface area contributed by atoms with Gasteiger partial charge in [-0.2, -0.15) is 0 Å². The number of sulfone groups is 1. The zero-order valence-corrected chi connectivity index (χ0v) is 7.10. The number of hydrogen-bond acceptors (Lipinski definition) is 3. The van der Waals surface area contributed by atoms with Crippen molar-refractivity contribution in [3.63, 3.8) is 0 Å². The van der Waals surface area contributed by atoms with E-state index < -0.39 is 20.7 Å². The summed E-state index contributed by atoms with van der Waals surface area (Å²) in [5.74, 6) is 0.282. The van der Waals surface area contributed by atoms with Crippen LogP contribution in [0.15, 0.2) is 0 Å². The van der Waals surface area contributed by atoms with Crippen molar-refractivity contribution in [2.45, 2.75) is 36.5 Å².